The van der Waals surface area contributed by atoms with Gasteiger partial charge in [0.05, 0.1) is 6.21 Å². The molecule has 3 heteroatoms. The van der Waals surface area contributed by atoms with Gasteiger partial charge in [-0.2, -0.15) is 0 Å². The molecule has 1 aromatic carbocycles. The van der Waals surface area contributed by atoms with Crippen LogP contribution in [0, 0.1) is 5.41 Å². The van der Waals surface area contributed by atoms with Crippen LogP contribution in [0.25, 0.3) is 0 Å². The van der Waals surface area contributed by atoms with Crippen LogP contribution in [-0.2, 0) is 5.41 Å². The van der Waals surface area contributed by atoms with E-state index in [1.54, 1.807) is 6.07 Å². The molecule has 0 aliphatic heterocycles. The molecule has 0 heterocycles. The largest absolute Gasteiger partial charge is 0.507 e. The summed E-state index contributed by atoms with van der Waals surface area (Å²) < 4.78 is 0. The maximum Gasteiger partial charge on any atom is 0.124 e. The summed E-state index contributed by atoms with van der Waals surface area (Å²) in [4.78, 5) is 0. The maximum atomic E-state index is 9.66. The zero-order chi connectivity index (χ0) is 14.0. The fourth-order valence-electron chi connectivity index (χ4n) is 2.57. The summed E-state index contributed by atoms with van der Waals surface area (Å²) >= 11 is 0. The Bertz CT molecular complexity index is 442. The quantitative estimate of drug-likeness (QED) is 0.484. The summed E-state index contributed by atoms with van der Waals surface area (Å²) in [5.41, 5.74) is 1.90. The molecule has 2 N–H and O–H groups in total. The van der Waals surface area contributed by atoms with Gasteiger partial charge in [-0.05, 0) is 34.9 Å². The zero-order valence-corrected chi connectivity index (χ0v) is 11.9. The predicted molar refractivity (Wildman–Crippen MR) is 74.6 cm³/mol. The molecule has 0 atom stereocenters. The third-order valence-electron chi connectivity index (χ3n) is 2.98. The van der Waals surface area contributed by atoms with Crippen molar-refractivity contribution in [1.82, 2.24) is 0 Å². The first-order valence-corrected chi connectivity index (χ1v) is 6.17. The van der Waals surface area contributed by atoms with Gasteiger partial charge in [0.25, 0.3) is 0 Å². The Balaban J connectivity index is 3.13. The predicted octanol–water partition coefficient (Wildman–Crippen LogP) is 3.91. The molecule has 0 spiro atoms. The molecule has 0 saturated heterocycles. The number of benzene rings is 1. The number of phenols is 1. The van der Waals surface area contributed by atoms with Crippen molar-refractivity contribution in [3.8, 4) is 5.75 Å². The van der Waals surface area contributed by atoms with Crippen LogP contribution in [0.5, 0.6) is 5.75 Å². The highest BCUT2D eigenvalue weighted by Gasteiger charge is 2.27. The molecule has 1 aromatic rings. The van der Waals surface area contributed by atoms with Gasteiger partial charge in [-0.15, -0.1) is 0 Å². The van der Waals surface area contributed by atoms with Crippen LogP contribution in [-0.4, -0.2) is 16.5 Å². The van der Waals surface area contributed by atoms with E-state index in [0.717, 1.165) is 12.0 Å². The lowest BCUT2D eigenvalue weighted by Gasteiger charge is -2.33. The van der Waals surface area contributed by atoms with E-state index in [4.69, 9.17) is 5.21 Å². The zero-order valence-electron chi connectivity index (χ0n) is 11.9. The van der Waals surface area contributed by atoms with E-state index in [2.05, 4.69) is 39.8 Å². The second-order valence-corrected chi connectivity index (χ2v) is 6.64. The highest BCUT2D eigenvalue weighted by molar-refractivity contribution is 5.83. The van der Waals surface area contributed by atoms with Crippen molar-refractivity contribution in [2.24, 2.45) is 10.6 Å². The van der Waals surface area contributed by atoms with Crippen molar-refractivity contribution >= 4 is 6.21 Å². The van der Waals surface area contributed by atoms with Crippen molar-refractivity contribution in [3.05, 3.63) is 29.3 Å². The van der Waals surface area contributed by atoms with Crippen LogP contribution in [0.1, 0.15) is 52.2 Å². The smallest absolute Gasteiger partial charge is 0.124 e. The number of nitrogens with zero attached hydrogens (tertiary/aromatic N) is 1. The van der Waals surface area contributed by atoms with Gasteiger partial charge in [-0.3, -0.25) is 0 Å². The van der Waals surface area contributed by atoms with Gasteiger partial charge in [0.2, 0.25) is 0 Å². The summed E-state index contributed by atoms with van der Waals surface area (Å²) in [6, 6.07) is 5.45. The molecular weight excluding hydrogens is 226 g/mol. The molecule has 0 aliphatic carbocycles. The second kappa shape index (κ2) is 5.01. The average molecular weight is 249 g/mol. The van der Waals surface area contributed by atoms with Crippen LogP contribution in [0.3, 0.4) is 0 Å². The van der Waals surface area contributed by atoms with Crippen molar-refractivity contribution in [2.75, 3.05) is 0 Å². The summed E-state index contributed by atoms with van der Waals surface area (Å²) in [5.74, 6) is 0.128. The van der Waals surface area contributed by atoms with E-state index in [1.165, 1.54) is 6.21 Å². The summed E-state index contributed by atoms with van der Waals surface area (Å²) in [6.07, 6.45) is 2.28. The molecule has 0 radical (unpaired) electrons. The molecule has 0 unspecified atom stereocenters. The number of aromatic hydroxyl groups is 1. The molecular formula is C15H23NO2. The molecule has 100 valence electrons. The van der Waals surface area contributed by atoms with Gasteiger partial charge in [-0.25, -0.2) is 0 Å². The van der Waals surface area contributed by atoms with Crippen molar-refractivity contribution in [2.45, 2.75) is 46.5 Å². The van der Waals surface area contributed by atoms with Crippen molar-refractivity contribution < 1.29 is 10.3 Å². The topological polar surface area (TPSA) is 52.8 Å². The monoisotopic (exact) mass is 249 g/mol. The van der Waals surface area contributed by atoms with Gasteiger partial charge >= 0.3 is 0 Å². The lowest BCUT2D eigenvalue weighted by molar-refractivity contribution is 0.284. The molecule has 0 fully saturated rings. The fraction of sp³-hybridized carbons (Fsp3) is 0.533. The number of phenolic OH excluding ortho intramolecular Hbond substituents is 1. The van der Waals surface area contributed by atoms with Crippen LogP contribution in [0.15, 0.2) is 23.4 Å². The number of rotatable bonds is 3. The molecule has 3 nitrogen and oxygen atoms in total. The van der Waals surface area contributed by atoms with Gasteiger partial charge in [0, 0.05) is 5.56 Å². The Kier molecular flexibility index (Phi) is 4.05. The Labute approximate surface area is 109 Å². The Morgan fingerprint density at radius 2 is 1.78 bits per heavy atom. The molecule has 0 aliphatic rings. The first-order valence-electron chi connectivity index (χ1n) is 6.17. The van der Waals surface area contributed by atoms with E-state index in [0.29, 0.717) is 5.56 Å². The minimum atomic E-state index is 0.00396. The first-order chi connectivity index (χ1) is 8.15. The lowest BCUT2D eigenvalue weighted by Crippen LogP contribution is -2.24. The summed E-state index contributed by atoms with van der Waals surface area (Å²) in [5, 5.41) is 21.2. The number of hydrogen-bond acceptors (Lipinski definition) is 3. The standard InChI is InChI=1S/C15H23NO2/c1-14(2,3)10-15(4,5)12-6-7-13(17)11(8-12)9-16-18/h6-9,17-18H,10H2,1-5H3/b16-9-. The maximum absolute atomic E-state index is 9.66. The highest BCUT2D eigenvalue weighted by atomic mass is 16.4. The van der Waals surface area contributed by atoms with Gasteiger partial charge < -0.3 is 10.3 Å². The molecule has 0 bridgehead atoms. The number of oxime groups is 1. The fourth-order valence-corrected chi connectivity index (χ4v) is 2.57. The minimum Gasteiger partial charge on any atom is -0.507 e. The Morgan fingerprint density at radius 3 is 2.28 bits per heavy atom. The third-order valence-corrected chi connectivity index (χ3v) is 2.98. The van der Waals surface area contributed by atoms with Crippen LogP contribution >= 0.6 is 0 Å². The summed E-state index contributed by atoms with van der Waals surface area (Å²) in [6.45, 7) is 11.0. The summed E-state index contributed by atoms with van der Waals surface area (Å²) in [7, 11) is 0. The van der Waals surface area contributed by atoms with Crippen LogP contribution < -0.4 is 0 Å². The van der Waals surface area contributed by atoms with E-state index in [1.807, 2.05) is 12.1 Å². The van der Waals surface area contributed by atoms with E-state index < -0.39 is 0 Å². The second-order valence-electron chi connectivity index (χ2n) is 6.64. The Morgan fingerprint density at radius 1 is 1.17 bits per heavy atom. The highest BCUT2D eigenvalue weighted by Crippen LogP contribution is 2.37. The van der Waals surface area contributed by atoms with E-state index >= 15 is 0 Å². The normalized spacial score (nSPS) is 13.2. The minimum absolute atomic E-state index is 0.00396. The molecule has 0 amide bonds. The lowest BCUT2D eigenvalue weighted by atomic mass is 9.72. The van der Waals surface area contributed by atoms with Gasteiger partial charge in [-0.1, -0.05) is 45.8 Å². The first kappa shape index (κ1) is 14.6. The third kappa shape index (κ3) is 3.76. The molecule has 0 aromatic heterocycles. The van der Waals surface area contributed by atoms with Gasteiger partial charge in [0.1, 0.15) is 5.75 Å². The molecule has 18 heavy (non-hydrogen) atoms. The Hall–Kier alpha value is -1.51. The molecule has 1 rings (SSSR count). The van der Waals surface area contributed by atoms with Crippen molar-refractivity contribution in [3.63, 3.8) is 0 Å². The molecule has 0 saturated carbocycles. The van der Waals surface area contributed by atoms with Crippen LogP contribution in [0.4, 0.5) is 0 Å². The van der Waals surface area contributed by atoms with E-state index in [-0.39, 0.29) is 16.6 Å². The van der Waals surface area contributed by atoms with Crippen LogP contribution in [0.2, 0.25) is 0 Å². The van der Waals surface area contributed by atoms with E-state index in [9.17, 15) is 5.11 Å². The van der Waals surface area contributed by atoms with Crippen molar-refractivity contribution in [1.29, 1.82) is 0 Å². The SMILES string of the molecule is CC(C)(C)CC(C)(C)c1ccc(O)c(/C=N\O)c1. The number of hydrogen-bond donors (Lipinski definition) is 2. The average Bonchev–Trinajstić information content (AvgIpc) is 2.17. The van der Waals surface area contributed by atoms with Gasteiger partial charge in [0.15, 0.2) is 0 Å².